The zero-order chi connectivity index (χ0) is 18.1. The van der Waals surface area contributed by atoms with Gasteiger partial charge in [-0.1, -0.05) is 26.0 Å². The second-order valence-corrected chi connectivity index (χ2v) is 6.11. The van der Waals surface area contributed by atoms with Crippen LogP contribution in [0, 0.1) is 11.8 Å². The number of phenols is 1. The minimum absolute atomic E-state index is 0.210. The van der Waals surface area contributed by atoms with Gasteiger partial charge in [-0.3, -0.25) is 9.59 Å². The quantitative estimate of drug-likeness (QED) is 0.699. The highest BCUT2D eigenvalue weighted by Crippen LogP contribution is 2.20. The van der Waals surface area contributed by atoms with Crippen LogP contribution < -0.4 is 0 Å². The molecule has 0 aliphatic heterocycles. The molecule has 1 rings (SSSR count). The predicted molar refractivity (Wildman–Crippen MR) is 91.6 cm³/mol. The van der Waals surface area contributed by atoms with Gasteiger partial charge >= 0.3 is 11.9 Å². The van der Waals surface area contributed by atoms with Gasteiger partial charge in [0.25, 0.3) is 0 Å². The smallest absolute Gasteiger partial charge is 0.308 e. The molecule has 1 aromatic carbocycles. The van der Waals surface area contributed by atoms with Crippen LogP contribution in [0.3, 0.4) is 0 Å². The van der Waals surface area contributed by atoms with Crippen LogP contribution >= 0.6 is 0 Å². The minimum Gasteiger partial charge on any atom is -0.508 e. The van der Waals surface area contributed by atoms with Crippen LogP contribution in [-0.4, -0.2) is 29.8 Å². The number of benzene rings is 1. The SMILES string of the molecule is CCOC(=O)C(CC)CC(C)C(=O)OC(C)Cc1ccc(O)cc1. The summed E-state index contributed by atoms with van der Waals surface area (Å²) in [6.07, 6.45) is 1.38. The summed E-state index contributed by atoms with van der Waals surface area (Å²) in [5.74, 6) is -0.982. The maximum absolute atomic E-state index is 12.2. The highest BCUT2D eigenvalue weighted by atomic mass is 16.5. The molecule has 0 saturated heterocycles. The third-order valence-corrected chi connectivity index (χ3v) is 3.93. The average molecular weight is 336 g/mol. The zero-order valence-electron chi connectivity index (χ0n) is 15.0. The van der Waals surface area contributed by atoms with Crippen LogP contribution in [0.2, 0.25) is 0 Å². The molecule has 0 bridgehead atoms. The first-order chi connectivity index (χ1) is 11.4. The van der Waals surface area contributed by atoms with E-state index in [1.54, 1.807) is 38.1 Å². The number of phenolic OH excluding ortho intramolecular Hbond substituents is 1. The normalized spacial score (nSPS) is 14.5. The van der Waals surface area contributed by atoms with E-state index < -0.39 is 0 Å². The molecule has 0 radical (unpaired) electrons. The molecule has 134 valence electrons. The van der Waals surface area contributed by atoms with E-state index in [9.17, 15) is 14.7 Å². The number of hydrogen-bond donors (Lipinski definition) is 1. The Hall–Kier alpha value is -2.04. The molecule has 24 heavy (non-hydrogen) atoms. The maximum Gasteiger partial charge on any atom is 0.308 e. The Morgan fingerprint density at radius 1 is 1.08 bits per heavy atom. The van der Waals surface area contributed by atoms with Gasteiger partial charge < -0.3 is 14.6 Å². The van der Waals surface area contributed by atoms with E-state index in [4.69, 9.17) is 9.47 Å². The highest BCUT2D eigenvalue weighted by molar-refractivity contribution is 5.75. The van der Waals surface area contributed by atoms with E-state index in [-0.39, 0.29) is 35.6 Å². The molecule has 1 aromatic rings. The number of esters is 2. The Balaban J connectivity index is 2.49. The fourth-order valence-corrected chi connectivity index (χ4v) is 2.53. The number of aromatic hydroxyl groups is 1. The van der Waals surface area contributed by atoms with Gasteiger partial charge in [0.05, 0.1) is 18.4 Å². The summed E-state index contributed by atoms with van der Waals surface area (Å²) >= 11 is 0. The monoisotopic (exact) mass is 336 g/mol. The first kappa shape index (κ1) is 20.0. The van der Waals surface area contributed by atoms with Crippen molar-refractivity contribution in [1.29, 1.82) is 0 Å². The van der Waals surface area contributed by atoms with Crippen molar-refractivity contribution < 1.29 is 24.2 Å². The Morgan fingerprint density at radius 3 is 2.25 bits per heavy atom. The Morgan fingerprint density at radius 2 is 1.71 bits per heavy atom. The van der Waals surface area contributed by atoms with Crippen LogP contribution in [0.5, 0.6) is 5.75 Å². The topological polar surface area (TPSA) is 72.8 Å². The molecule has 5 nitrogen and oxygen atoms in total. The van der Waals surface area contributed by atoms with Crippen LogP contribution in [-0.2, 0) is 25.5 Å². The van der Waals surface area contributed by atoms with E-state index >= 15 is 0 Å². The fraction of sp³-hybridized carbons (Fsp3) is 0.579. The zero-order valence-corrected chi connectivity index (χ0v) is 15.0. The van der Waals surface area contributed by atoms with Crippen molar-refractivity contribution in [3.8, 4) is 5.75 Å². The molecule has 0 saturated carbocycles. The number of carbonyl (C=O) groups excluding carboxylic acids is 2. The molecule has 0 heterocycles. The Kier molecular flexibility index (Phi) is 8.30. The third-order valence-electron chi connectivity index (χ3n) is 3.93. The molecule has 1 N–H and O–H groups in total. The molecule has 0 aliphatic carbocycles. The summed E-state index contributed by atoms with van der Waals surface area (Å²) in [6.45, 7) is 7.63. The maximum atomic E-state index is 12.2. The highest BCUT2D eigenvalue weighted by Gasteiger charge is 2.26. The van der Waals surface area contributed by atoms with Crippen LogP contribution in [0.25, 0.3) is 0 Å². The molecule has 3 unspecified atom stereocenters. The second-order valence-electron chi connectivity index (χ2n) is 6.11. The molecular weight excluding hydrogens is 308 g/mol. The molecule has 0 aromatic heterocycles. The number of hydrogen-bond acceptors (Lipinski definition) is 5. The van der Waals surface area contributed by atoms with Gasteiger partial charge in [-0.25, -0.2) is 0 Å². The van der Waals surface area contributed by atoms with Crippen molar-refractivity contribution in [2.24, 2.45) is 11.8 Å². The molecule has 0 fully saturated rings. The van der Waals surface area contributed by atoms with Gasteiger partial charge in [-0.05, 0) is 44.4 Å². The largest absolute Gasteiger partial charge is 0.508 e. The lowest BCUT2D eigenvalue weighted by atomic mass is 9.93. The molecule has 5 heteroatoms. The lowest BCUT2D eigenvalue weighted by molar-refractivity contribution is -0.155. The molecule has 0 spiro atoms. The number of ether oxygens (including phenoxy) is 2. The Bertz CT molecular complexity index is 523. The molecule has 0 amide bonds. The van der Waals surface area contributed by atoms with Crippen LogP contribution in [0.15, 0.2) is 24.3 Å². The van der Waals surface area contributed by atoms with Gasteiger partial charge in [0.15, 0.2) is 0 Å². The summed E-state index contributed by atoms with van der Waals surface area (Å²) in [6, 6.07) is 6.82. The van der Waals surface area contributed by atoms with E-state index in [2.05, 4.69) is 0 Å². The van der Waals surface area contributed by atoms with E-state index in [1.165, 1.54) is 0 Å². The summed E-state index contributed by atoms with van der Waals surface area (Å²) in [5, 5.41) is 9.28. The fourth-order valence-electron chi connectivity index (χ4n) is 2.53. The number of carbonyl (C=O) groups is 2. The Labute approximate surface area is 144 Å². The first-order valence-electron chi connectivity index (χ1n) is 8.52. The van der Waals surface area contributed by atoms with Crippen molar-refractivity contribution in [3.63, 3.8) is 0 Å². The van der Waals surface area contributed by atoms with E-state index in [1.807, 2.05) is 13.8 Å². The van der Waals surface area contributed by atoms with Crippen LogP contribution in [0.1, 0.15) is 46.1 Å². The van der Waals surface area contributed by atoms with E-state index in [0.29, 0.717) is 25.9 Å². The summed E-state index contributed by atoms with van der Waals surface area (Å²) in [5.41, 5.74) is 0.985. The van der Waals surface area contributed by atoms with Gasteiger partial charge in [0.1, 0.15) is 11.9 Å². The molecule has 0 aliphatic rings. The summed E-state index contributed by atoms with van der Waals surface area (Å²) < 4.78 is 10.5. The van der Waals surface area contributed by atoms with Gasteiger partial charge in [-0.15, -0.1) is 0 Å². The lowest BCUT2D eigenvalue weighted by Gasteiger charge is -2.20. The lowest BCUT2D eigenvalue weighted by Crippen LogP contribution is -2.27. The first-order valence-corrected chi connectivity index (χ1v) is 8.52. The van der Waals surface area contributed by atoms with E-state index in [0.717, 1.165) is 5.56 Å². The van der Waals surface area contributed by atoms with Crippen molar-refractivity contribution >= 4 is 11.9 Å². The van der Waals surface area contributed by atoms with Gasteiger partial charge in [-0.2, -0.15) is 0 Å². The van der Waals surface area contributed by atoms with Gasteiger partial charge in [0.2, 0.25) is 0 Å². The van der Waals surface area contributed by atoms with Crippen molar-refractivity contribution in [2.75, 3.05) is 6.61 Å². The third kappa shape index (κ3) is 6.60. The predicted octanol–water partition coefficient (Wildman–Crippen LogP) is 3.48. The van der Waals surface area contributed by atoms with Crippen molar-refractivity contribution in [3.05, 3.63) is 29.8 Å². The molecular formula is C19H28O5. The average Bonchev–Trinajstić information content (AvgIpc) is 2.54. The second kappa shape index (κ2) is 9.96. The van der Waals surface area contributed by atoms with Gasteiger partial charge in [0, 0.05) is 6.42 Å². The summed E-state index contributed by atoms with van der Waals surface area (Å²) in [7, 11) is 0. The molecule has 3 atom stereocenters. The standard InChI is InChI=1S/C19H28O5/c1-5-16(19(22)23-6-2)11-13(3)18(21)24-14(4)12-15-7-9-17(20)10-8-15/h7-10,13-14,16,20H,5-6,11-12H2,1-4H3. The summed E-state index contributed by atoms with van der Waals surface area (Å²) in [4.78, 5) is 24.0. The van der Waals surface area contributed by atoms with Crippen molar-refractivity contribution in [2.45, 2.75) is 53.1 Å². The minimum atomic E-state index is -0.360. The van der Waals surface area contributed by atoms with Crippen molar-refractivity contribution in [1.82, 2.24) is 0 Å². The van der Waals surface area contributed by atoms with Crippen LogP contribution in [0.4, 0.5) is 0 Å². The number of rotatable bonds is 9.